The van der Waals surface area contributed by atoms with E-state index in [1.165, 1.54) is 6.07 Å². The summed E-state index contributed by atoms with van der Waals surface area (Å²) in [5.74, 6) is -4.16. The second-order valence-corrected chi connectivity index (χ2v) is 8.08. The minimum absolute atomic E-state index is 0.0360. The number of benzene rings is 1. The lowest BCUT2D eigenvalue weighted by atomic mass is 10.1. The van der Waals surface area contributed by atoms with E-state index < -0.39 is 38.8 Å². The molecule has 1 aromatic rings. The lowest BCUT2D eigenvalue weighted by molar-refractivity contribution is 0.166. The Kier molecular flexibility index (Phi) is 6.54. The second kappa shape index (κ2) is 8.28. The molecule has 0 radical (unpaired) electrons. The van der Waals surface area contributed by atoms with Crippen LogP contribution in [0.25, 0.3) is 0 Å². The van der Waals surface area contributed by atoms with E-state index in [0.29, 0.717) is 5.57 Å². The van der Waals surface area contributed by atoms with Crippen molar-refractivity contribution in [3.05, 3.63) is 64.0 Å². The summed E-state index contributed by atoms with van der Waals surface area (Å²) in [6.07, 6.45) is 0.843. The summed E-state index contributed by atoms with van der Waals surface area (Å²) in [4.78, 5) is -0.618. The molecule has 9 heteroatoms. The van der Waals surface area contributed by atoms with Crippen LogP contribution in [0.15, 0.2) is 53.2 Å². The number of sulfone groups is 1. The highest BCUT2D eigenvalue weighted by Gasteiger charge is 2.30. The summed E-state index contributed by atoms with van der Waals surface area (Å²) in [6, 6.07) is 3.47. The van der Waals surface area contributed by atoms with Crippen LogP contribution in [0.2, 0.25) is 5.02 Å². The Morgan fingerprint density at radius 3 is 2.58 bits per heavy atom. The lowest BCUT2D eigenvalue weighted by Crippen LogP contribution is -2.18. The molecule has 0 amide bonds. The largest absolute Gasteiger partial charge is 0.457 e. The van der Waals surface area contributed by atoms with Gasteiger partial charge in [0.1, 0.15) is 17.3 Å². The van der Waals surface area contributed by atoms with Gasteiger partial charge in [0.15, 0.2) is 0 Å². The number of hydrogen-bond acceptors (Lipinski definition) is 4. The van der Waals surface area contributed by atoms with E-state index in [4.69, 9.17) is 16.3 Å². The quantitative estimate of drug-likeness (QED) is 0.803. The predicted octanol–water partition coefficient (Wildman–Crippen LogP) is 4.36. The van der Waals surface area contributed by atoms with E-state index in [1.807, 2.05) is 0 Å². The van der Waals surface area contributed by atoms with E-state index in [1.54, 1.807) is 0 Å². The highest BCUT2D eigenvalue weighted by atomic mass is 35.5. The zero-order valence-corrected chi connectivity index (χ0v) is 15.0. The van der Waals surface area contributed by atoms with E-state index in [2.05, 4.69) is 6.58 Å². The molecule has 0 saturated heterocycles. The molecule has 142 valence electrons. The van der Waals surface area contributed by atoms with Crippen LogP contribution in [0.3, 0.4) is 0 Å². The van der Waals surface area contributed by atoms with Gasteiger partial charge in [0.2, 0.25) is 9.84 Å². The lowest BCUT2D eigenvalue weighted by Gasteiger charge is -2.14. The molecule has 1 aliphatic rings. The summed E-state index contributed by atoms with van der Waals surface area (Å²) in [5.41, 5.74) is 0.386. The normalized spacial score (nSPS) is 23.3. The number of aliphatic hydroxyl groups excluding tert-OH is 1. The smallest absolute Gasteiger partial charge is 0.340 e. The molecule has 1 N–H and O–H groups in total. The number of aliphatic hydroxyl groups is 1. The van der Waals surface area contributed by atoms with Crippen LogP contribution in [-0.2, 0) is 9.84 Å². The fourth-order valence-corrected chi connectivity index (χ4v) is 3.42. The average molecular weight is 409 g/mol. The van der Waals surface area contributed by atoms with Crippen molar-refractivity contribution in [3.8, 4) is 5.75 Å². The maximum absolute atomic E-state index is 13.4. The molecule has 26 heavy (non-hydrogen) atoms. The van der Waals surface area contributed by atoms with Crippen molar-refractivity contribution in [1.82, 2.24) is 0 Å². The number of allylic oxidation sites excluding steroid dienone is 3. The van der Waals surface area contributed by atoms with Gasteiger partial charge in [-0.3, -0.25) is 0 Å². The van der Waals surface area contributed by atoms with Crippen molar-refractivity contribution < 1.29 is 31.4 Å². The van der Waals surface area contributed by atoms with Crippen molar-refractivity contribution in [2.45, 2.75) is 31.1 Å². The number of alkyl halides is 2. The fraction of sp³-hybridized carbons (Fsp3) is 0.294. The fourth-order valence-electron chi connectivity index (χ4n) is 2.30. The molecule has 0 aliphatic heterocycles. The molecule has 0 saturated carbocycles. The molecule has 0 bridgehead atoms. The van der Waals surface area contributed by atoms with Gasteiger partial charge in [0.05, 0.1) is 11.0 Å². The van der Waals surface area contributed by atoms with Gasteiger partial charge in [-0.2, -0.15) is 8.78 Å². The third-order valence-corrected chi connectivity index (χ3v) is 5.37. The van der Waals surface area contributed by atoms with E-state index in [9.17, 15) is 26.7 Å². The third-order valence-electron chi connectivity index (χ3n) is 3.65. The van der Waals surface area contributed by atoms with Crippen LogP contribution < -0.4 is 4.74 Å². The molecular formula is C17H16ClF3O4S. The van der Waals surface area contributed by atoms with Gasteiger partial charge in [-0.25, -0.2) is 12.8 Å². The predicted molar refractivity (Wildman–Crippen MR) is 92.1 cm³/mol. The first-order valence-corrected chi connectivity index (χ1v) is 9.45. The first-order chi connectivity index (χ1) is 12.1. The number of halogens is 4. The highest BCUT2D eigenvalue weighted by molar-refractivity contribution is 7.95. The summed E-state index contributed by atoms with van der Waals surface area (Å²) >= 11 is 5.76. The first kappa shape index (κ1) is 20.5. The Bertz CT molecular complexity index is 843. The summed E-state index contributed by atoms with van der Waals surface area (Å²) in [7, 11) is -4.86. The minimum atomic E-state index is -4.86. The van der Waals surface area contributed by atoms with Gasteiger partial charge in [-0.05, 0) is 42.7 Å². The summed E-state index contributed by atoms with van der Waals surface area (Å²) in [5, 5.41) is 9.98. The Labute approximate surface area is 154 Å². The maximum Gasteiger partial charge on any atom is 0.340 e. The molecule has 0 fully saturated rings. The molecule has 0 unspecified atom stereocenters. The molecular weight excluding hydrogens is 393 g/mol. The van der Waals surface area contributed by atoms with E-state index in [0.717, 1.165) is 24.3 Å². The van der Waals surface area contributed by atoms with Crippen LogP contribution >= 0.6 is 11.6 Å². The highest BCUT2D eigenvalue weighted by Crippen LogP contribution is 2.29. The van der Waals surface area contributed by atoms with Gasteiger partial charge >= 0.3 is 5.76 Å². The summed E-state index contributed by atoms with van der Waals surface area (Å²) < 4.78 is 68.1. The Morgan fingerprint density at radius 2 is 1.96 bits per heavy atom. The molecule has 0 aromatic heterocycles. The number of hydrogen-bond donors (Lipinski definition) is 1. The zero-order valence-electron chi connectivity index (χ0n) is 13.5. The zero-order chi connectivity index (χ0) is 19.5. The first-order valence-electron chi connectivity index (χ1n) is 7.52. The SMILES string of the molecule is C=C1CC[C@H](O)C/C(S(=O)(=O)C(F)F)=C\C=C/1Oc1cc(F)cc(Cl)c1. The monoisotopic (exact) mass is 408 g/mol. The Morgan fingerprint density at radius 1 is 1.27 bits per heavy atom. The maximum atomic E-state index is 13.4. The molecule has 0 spiro atoms. The molecule has 2 rings (SSSR count). The van der Waals surface area contributed by atoms with Crippen molar-refractivity contribution in [3.63, 3.8) is 0 Å². The van der Waals surface area contributed by atoms with Gasteiger partial charge in [0.25, 0.3) is 0 Å². The van der Waals surface area contributed by atoms with Crippen molar-refractivity contribution in [2.75, 3.05) is 0 Å². The second-order valence-electron chi connectivity index (χ2n) is 5.68. The van der Waals surface area contributed by atoms with Crippen LogP contribution in [0.4, 0.5) is 13.2 Å². The van der Waals surface area contributed by atoms with Crippen LogP contribution in [0, 0.1) is 5.82 Å². The molecule has 1 aromatic carbocycles. The minimum Gasteiger partial charge on any atom is -0.457 e. The number of ether oxygens (including phenoxy) is 1. The van der Waals surface area contributed by atoms with Gasteiger partial charge < -0.3 is 9.84 Å². The summed E-state index contributed by atoms with van der Waals surface area (Å²) in [6.45, 7) is 3.78. The van der Waals surface area contributed by atoms with Gasteiger partial charge in [-0.15, -0.1) is 0 Å². The third kappa shape index (κ3) is 5.12. The Hall–Kier alpha value is -1.77. The Balaban J connectivity index is 2.43. The molecule has 0 heterocycles. The number of rotatable bonds is 4. The molecule has 4 nitrogen and oxygen atoms in total. The average Bonchev–Trinajstić information content (AvgIpc) is 2.59. The molecule has 1 aliphatic carbocycles. The van der Waals surface area contributed by atoms with Crippen molar-refractivity contribution in [1.29, 1.82) is 0 Å². The van der Waals surface area contributed by atoms with E-state index in [-0.39, 0.29) is 29.4 Å². The molecule has 1 atom stereocenters. The van der Waals surface area contributed by atoms with Gasteiger partial charge in [-0.1, -0.05) is 18.2 Å². The van der Waals surface area contributed by atoms with Gasteiger partial charge in [0, 0.05) is 17.5 Å². The van der Waals surface area contributed by atoms with Crippen LogP contribution in [0.5, 0.6) is 5.75 Å². The standard InChI is InChI=1S/C17H16ClF3O4S/c1-10-2-3-13(22)9-15(26(23,24)17(20)21)4-5-16(10)25-14-7-11(18)6-12(19)8-14/h4-8,13,17,22H,1-3,9H2/b15-4+,16-5+/t13-/m0/s1. The topological polar surface area (TPSA) is 63.6 Å². The van der Waals surface area contributed by atoms with Crippen molar-refractivity contribution >= 4 is 21.4 Å². The van der Waals surface area contributed by atoms with Crippen LogP contribution in [0.1, 0.15) is 19.3 Å². The van der Waals surface area contributed by atoms with Crippen molar-refractivity contribution in [2.24, 2.45) is 0 Å². The van der Waals surface area contributed by atoms with E-state index >= 15 is 0 Å². The van der Waals surface area contributed by atoms with Crippen LogP contribution in [-0.4, -0.2) is 25.4 Å².